The van der Waals surface area contributed by atoms with Crippen LogP contribution in [0, 0.1) is 5.82 Å². The molecule has 1 saturated heterocycles. The maximum atomic E-state index is 13.6. The molecule has 0 spiro atoms. The molecule has 0 radical (unpaired) electrons. The molecule has 200 valence electrons. The molecule has 38 heavy (non-hydrogen) atoms. The number of hydrogen-bond acceptors (Lipinski definition) is 7. The first kappa shape index (κ1) is 26.2. The van der Waals surface area contributed by atoms with Crippen LogP contribution in [0.2, 0.25) is 5.02 Å². The molecule has 8 nitrogen and oxygen atoms in total. The first-order valence-electron chi connectivity index (χ1n) is 12.9. The second-order valence-electron chi connectivity index (χ2n) is 9.65. The van der Waals surface area contributed by atoms with Crippen molar-refractivity contribution in [1.29, 1.82) is 0 Å². The summed E-state index contributed by atoms with van der Waals surface area (Å²) >= 11 is 5.95. The number of ether oxygens (including phenoxy) is 2. The third-order valence-corrected chi connectivity index (χ3v) is 7.10. The molecule has 1 aliphatic carbocycles. The average Bonchev–Trinajstić information content (AvgIpc) is 3.39. The molecule has 2 heterocycles. The summed E-state index contributed by atoms with van der Waals surface area (Å²) in [6.07, 6.45) is 10.4. The number of hydrogen-bond donors (Lipinski definition) is 2. The van der Waals surface area contributed by atoms with Gasteiger partial charge in [0, 0.05) is 50.0 Å². The highest BCUT2D eigenvalue weighted by Crippen LogP contribution is 2.36. The van der Waals surface area contributed by atoms with Crippen molar-refractivity contribution < 1.29 is 18.7 Å². The summed E-state index contributed by atoms with van der Waals surface area (Å²) in [7, 11) is 1.79. The molecule has 1 saturated carbocycles. The lowest BCUT2D eigenvalue weighted by Crippen LogP contribution is -2.32. The van der Waals surface area contributed by atoms with Crippen LogP contribution in [0.3, 0.4) is 0 Å². The van der Waals surface area contributed by atoms with Crippen LogP contribution in [-0.4, -0.2) is 59.7 Å². The van der Waals surface area contributed by atoms with Gasteiger partial charge in [0.15, 0.2) is 0 Å². The summed E-state index contributed by atoms with van der Waals surface area (Å²) in [5.41, 5.74) is 2.08. The Labute approximate surface area is 226 Å². The molecule has 2 aromatic carbocycles. The number of carbonyl (C=O) groups is 1. The predicted octanol–water partition coefficient (Wildman–Crippen LogP) is 5.70. The van der Waals surface area contributed by atoms with Crippen LogP contribution in [0.4, 0.5) is 21.6 Å². The molecule has 1 atom stereocenters. The van der Waals surface area contributed by atoms with Crippen molar-refractivity contribution in [3.63, 3.8) is 0 Å². The van der Waals surface area contributed by atoms with Gasteiger partial charge >= 0.3 is 0 Å². The SMILES string of the molecule is CN(CC1CCCO1)C(=O)C=CCNc1cc2c(Nc3ccc(F)c(Cl)c3)ncnc2cc1OC1CCC1. The Hall–Kier alpha value is -3.43. The molecular formula is C28H31ClFN5O3. The largest absolute Gasteiger partial charge is 0.488 e. The van der Waals surface area contributed by atoms with E-state index < -0.39 is 5.82 Å². The van der Waals surface area contributed by atoms with Gasteiger partial charge in [-0.15, -0.1) is 0 Å². The third-order valence-electron chi connectivity index (χ3n) is 6.81. The molecule has 2 fully saturated rings. The van der Waals surface area contributed by atoms with Gasteiger partial charge in [-0.25, -0.2) is 14.4 Å². The Balaban J connectivity index is 1.33. The van der Waals surface area contributed by atoms with E-state index >= 15 is 0 Å². The zero-order chi connectivity index (χ0) is 26.5. The fourth-order valence-electron chi connectivity index (χ4n) is 4.44. The number of nitrogens with zero attached hydrogens (tertiary/aromatic N) is 3. The molecule has 0 bridgehead atoms. The summed E-state index contributed by atoms with van der Waals surface area (Å²) in [5.74, 6) is 0.701. The summed E-state index contributed by atoms with van der Waals surface area (Å²) < 4.78 is 25.5. The number of amides is 1. The maximum Gasteiger partial charge on any atom is 0.246 e. The van der Waals surface area contributed by atoms with Crippen LogP contribution in [0.1, 0.15) is 32.1 Å². The predicted molar refractivity (Wildman–Crippen MR) is 147 cm³/mol. The van der Waals surface area contributed by atoms with Crippen LogP contribution in [0.15, 0.2) is 48.8 Å². The van der Waals surface area contributed by atoms with Crippen LogP contribution in [-0.2, 0) is 9.53 Å². The van der Waals surface area contributed by atoms with E-state index in [9.17, 15) is 9.18 Å². The topological polar surface area (TPSA) is 88.6 Å². The fraction of sp³-hybridized carbons (Fsp3) is 0.393. The summed E-state index contributed by atoms with van der Waals surface area (Å²) in [4.78, 5) is 23.0. The van der Waals surface area contributed by atoms with Gasteiger partial charge < -0.3 is 25.0 Å². The van der Waals surface area contributed by atoms with Crippen LogP contribution < -0.4 is 15.4 Å². The van der Waals surface area contributed by atoms with E-state index in [0.717, 1.165) is 49.8 Å². The van der Waals surface area contributed by atoms with Gasteiger partial charge in [0.2, 0.25) is 5.91 Å². The minimum absolute atomic E-state index is 0.0228. The quantitative estimate of drug-likeness (QED) is 0.319. The minimum Gasteiger partial charge on any atom is -0.488 e. The summed E-state index contributed by atoms with van der Waals surface area (Å²) in [5, 5.41) is 7.36. The van der Waals surface area contributed by atoms with Gasteiger partial charge in [-0.1, -0.05) is 17.7 Å². The van der Waals surface area contributed by atoms with E-state index in [4.69, 9.17) is 21.1 Å². The standard InChI is InChI=1S/C28H31ClFN5O3/c1-35(16-20-7-4-12-37-20)27(36)8-3-11-31-25-14-21-24(15-26(25)38-19-5-2-6-19)32-17-33-28(21)34-18-9-10-23(30)22(29)13-18/h3,8-10,13-15,17,19-20,31H,2,4-7,11-12,16H2,1H3,(H,32,33,34). The second-order valence-corrected chi connectivity index (χ2v) is 10.1. The number of carbonyl (C=O) groups excluding carboxylic acids is 1. The van der Waals surface area contributed by atoms with Gasteiger partial charge in [-0.2, -0.15) is 0 Å². The minimum atomic E-state index is -0.487. The van der Waals surface area contributed by atoms with Crippen molar-refractivity contribution in [3.05, 3.63) is 59.7 Å². The number of benzene rings is 2. The van der Waals surface area contributed by atoms with E-state index in [1.807, 2.05) is 12.1 Å². The number of rotatable bonds is 10. The Morgan fingerprint density at radius 1 is 1.24 bits per heavy atom. The highest BCUT2D eigenvalue weighted by atomic mass is 35.5. The van der Waals surface area contributed by atoms with E-state index in [1.54, 1.807) is 30.2 Å². The number of fused-ring (bicyclic) bond motifs is 1. The molecule has 2 aliphatic rings. The number of anilines is 3. The zero-order valence-electron chi connectivity index (χ0n) is 21.3. The molecular weight excluding hydrogens is 509 g/mol. The monoisotopic (exact) mass is 539 g/mol. The van der Waals surface area contributed by atoms with Gasteiger partial charge in [0.1, 0.15) is 23.7 Å². The molecule has 2 N–H and O–H groups in total. The van der Waals surface area contributed by atoms with Gasteiger partial charge in [-0.05, 0) is 56.4 Å². The smallest absolute Gasteiger partial charge is 0.246 e. The normalized spacial score (nSPS) is 17.5. The van der Waals surface area contributed by atoms with Crippen molar-refractivity contribution in [3.8, 4) is 5.75 Å². The molecule has 3 aromatic rings. The lowest BCUT2D eigenvalue weighted by molar-refractivity contribution is -0.126. The lowest BCUT2D eigenvalue weighted by atomic mass is 9.96. The highest BCUT2D eigenvalue weighted by molar-refractivity contribution is 6.31. The van der Waals surface area contributed by atoms with Crippen LogP contribution in [0.5, 0.6) is 5.75 Å². The van der Waals surface area contributed by atoms with Crippen molar-refractivity contribution in [2.45, 2.75) is 44.3 Å². The lowest BCUT2D eigenvalue weighted by Gasteiger charge is -2.27. The number of nitrogens with one attached hydrogen (secondary N) is 2. The van der Waals surface area contributed by atoms with Gasteiger partial charge in [-0.3, -0.25) is 4.79 Å². The van der Waals surface area contributed by atoms with Gasteiger partial charge in [0.05, 0.1) is 28.4 Å². The van der Waals surface area contributed by atoms with Crippen molar-refractivity contribution in [2.24, 2.45) is 0 Å². The Bertz CT molecular complexity index is 1330. The second kappa shape index (κ2) is 12.0. The molecule has 1 aromatic heterocycles. The Morgan fingerprint density at radius 2 is 2.11 bits per heavy atom. The van der Waals surface area contributed by atoms with E-state index in [0.29, 0.717) is 35.9 Å². The third kappa shape index (κ3) is 6.34. The Morgan fingerprint density at radius 3 is 2.84 bits per heavy atom. The zero-order valence-corrected chi connectivity index (χ0v) is 22.0. The molecule has 1 unspecified atom stereocenters. The van der Waals surface area contributed by atoms with Crippen molar-refractivity contribution in [1.82, 2.24) is 14.9 Å². The van der Waals surface area contributed by atoms with E-state index in [1.165, 1.54) is 18.5 Å². The van der Waals surface area contributed by atoms with Crippen LogP contribution >= 0.6 is 11.6 Å². The molecule has 5 rings (SSSR count). The number of halogens is 2. The molecule has 10 heteroatoms. The Kier molecular flexibility index (Phi) is 8.24. The fourth-order valence-corrected chi connectivity index (χ4v) is 4.62. The molecule has 1 aliphatic heterocycles. The first-order valence-corrected chi connectivity index (χ1v) is 13.3. The van der Waals surface area contributed by atoms with E-state index in [2.05, 4.69) is 20.6 Å². The highest BCUT2D eigenvalue weighted by Gasteiger charge is 2.22. The van der Waals surface area contributed by atoms with E-state index in [-0.39, 0.29) is 23.1 Å². The van der Waals surface area contributed by atoms with Crippen LogP contribution in [0.25, 0.3) is 10.9 Å². The number of aromatic nitrogens is 2. The molecule has 1 amide bonds. The summed E-state index contributed by atoms with van der Waals surface area (Å²) in [6.45, 7) is 1.79. The van der Waals surface area contributed by atoms with Crippen molar-refractivity contribution in [2.75, 3.05) is 37.4 Å². The first-order chi connectivity index (χ1) is 18.5. The van der Waals surface area contributed by atoms with Crippen molar-refractivity contribution >= 4 is 45.6 Å². The maximum absolute atomic E-state index is 13.6. The number of likely N-dealkylation sites (N-methyl/N-ethyl adjacent to an activating group) is 1. The average molecular weight is 540 g/mol. The summed E-state index contributed by atoms with van der Waals surface area (Å²) in [6, 6.07) is 8.23. The van der Waals surface area contributed by atoms with Gasteiger partial charge in [0.25, 0.3) is 0 Å².